The van der Waals surface area contributed by atoms with Gasteiger partial charge in [-0.05, 0) is 18.1 Å². The fraction of sp³-hybridized carbons (Fsp3) is 0.500. The minimum Gasteiger partial charge on any atom is -0.366 e. The summed E-state index contributed by atoms with van der Waals surface area (Å²) in [5.74, 6) is 0. The van der Waals surface area contributed by atoms with E-state index in [0.717, 1.165) is 19.5 Å². The first kappa shape index (κ1) is 10.5. The van der Waals surface area contributed by atoms with Gasteiger partial charge in [0.1, 0.15) is 0 Å². The molecule has 0 radical (unpaired) electrons. The Balaban J connectivity index is 2.07. The highest BCUT2D eigenvalue weighted by Crippen LogP contribution is 2.27. The third-order valence-corrected chi connectivity index (χ3v) is 2.88. The zero-order valence-electron chi connectivity index (χ0n) is 9.27. The van der Waals surface area contributed by atoms with Crippen LogP contribution in [0.15, 0.2) is 24.3 Å². The Bertz CT molecular complexity index is 323. The molecule has 3 heteroatoms. The maximum Gasteiger partial charge on any atom is 0.174 e. The number of rotatable bonds is 4. The molecule has 0 fully saturated rings. The van der Waals surface area contributed by atoms with Crippen LogP contribution in [0.5, 0.6) is 0 Å². The monoisotopic (exact) mass is 207 g/mol. The lowest BCUT2D eigenvalue weighted by molar-refractivity contribution is -0.0947. The van der Waals surface area contributed by atoms with E-state index in [9.17, 15) is 0 Å². The van der Waals surface area contributed by atoms with Crippen molar-refractivity contribution in [2.75, 3.05) is 32.2 Å². The molecule has 1 aliphatic rings. The van der Waals surface area contributed by atoms with Crippen LogP contribution in [0, 0.1) is 0 Å². The average molecular weight is 207 g/mol. The summed E-state index contributed by atoms with van der Waals surface area (Å²) in [4.78, 5) is 2.31. The van der Waals surface area contributed by atoms with Crippen molar-refractivity contribution in [1.82, 2.24) is 0 Å². The van der Waals surface area contributed by atoms with Crippen LogP contribution < -0.4 is 4.90 Å². The van der Waals surface area contributed by atoms with E-state index in [4.69, 9.17) is 9.47 Å². The van der Waals surface area contributed by atoms with Gasteiger partial charge >= 0.3 is 0 Å². The van der Waals surface area contributed by atoms with Crippen LogP contribution in [0.25, 0.3) is 0 Å². The lowest BCUT2D eigenvalue weighted by Gasteiger charge is -2.23. The van der Waals surface area contributed by atoms with E-state index in [0.29, 0.717) is 0 Å². The van der Waals surface area contributed by atoms with Gasteiger partial charge in [0.15, 0.2) is 6.29 Å². The van der Waals surface area contributed by atoms with Crippen molar-refractivity contribution in [3.63, 3.8) is 0 Å². The molecule has 1 heterocycles. The molecule has 1 aromatic rings. The summed E-state index contributed by atoms with van der Waals surface area (Å²) in [7, 11) is 3.35. The maximum absolute atomic E-state index is 5.21. The third kappa shape index (κ3) is 2.13. The van der Waals surface area contributed by atoms with Crippen LogP contribution in [0.1, 0.15) is 5.56 Å². The van der Waals surface area contributed by atoms with Crippen molar-refractivity contribution in [3.05, 3.63) is 29.8 Å². The minimum atomic E-state index is -0.142. The number of hydrogen-bond donors (Lipinski definition) is 0. The third-order valence-electron chi connectivity index (χ3n) is 2.88. The van der Waals surface area contributed by atoms with Crippen LogP contribution in [0.4, 0.5) is 5.69 Å². The van der Waals surface area contributed by atoms with Crippen molar-refractivity contribution in [2.24, 2.45) is 0 Å². The number of para-hydroxylation sites is 1. The minimum absolute atomic E-state index is 0.142. The summed E-state index contributed by atoms with van der Waals surface area (Å²) in [5, 5.41) is 0. The van der Waals surface area contributed by atoms with Gasteiger partial charge in [-0.2, -0.15) is 0 Å². The molecule has 15 heavy (non-hydrogen) atoms. The van der Waals surface area contributed by atoms with Gasteiger partial charge < -0.3 is 14.4 Å². The van der Waals surface area contributed by atoms with Crippen molar-refractivity contribution in [3.8, 4) is 0 Å². The van der Waals surface area contributed by atoms with E-state index in [1.54, 1.807) is 14.2 Å². The van der Waals surface area contributed by atoms with Crippen molar-refractivity contribution < 1.29 is 9.47 Å². The van der Waals surface area contributed by atoms with Crippen LogP contribution >= 0.6 is 0 Å². The number of methoxy groups -OCH3 is 2. The quantitative estimate of drug-likeness (QED) is 0.701. The molecule has 0 amide bonds. The second kappa shape index (κ2) is 4.64. The molecule has 3 nitrogen and oxygen atoms in total. The van der Waals surface area contributed by atoms with Crippen LogP contribution in [-0.4, -0.2) is 33.6 Å². The standard InChI is InChI=1S/C12H17NO2/c1-14-12(15-2)9-13-8-7-10-5-3-4-6-11(10)13/h3-6,12H,7-9H2,1-2H3. The van der Waals surface area contributed by atoms with E-state index >= 15 is 0 Å². The Morgan fingerprint density at radius 1 is 1.27 bits per heavy atom. The summed E-state index contributed by atoms with van der Waals surface area (Å²) < 4.78 is 10.4. The molecule has 0 atom stereocenters. The molecule has 0 unspecified atom stereocenters. The molecule has 0 saturated heterocycles. The van der Waals surface area contributed by atoms with Crippen molar-refractivity contribution in [1.29, 1.82) is 0 Å². The van der Waals surface area contributed by atoms with Gasteiger partial charge in [-0.15, -0.1) is 0 Å². The topological polar surface area (TPSA) is 21.7 Å². The lowest BCUT2D eigenvalue weighted by Crippen LogP contribution is -2.33. The Morgan fingerprint density at radius 3 is 2.73 bits per heavy atom. The van der Waals surface area contributed by atoms with Gasteiger partial charge in [-0.1, -0.05) is 18.2 Å². The molecule has 0 aromatic heterocycles. The largest absolute Gasteiger partial charge is 0.366 e. The smallest absolute Gasteiger partial charge is 0.174 e. The van der Waals surface area contributed by atoms with Gasteiger partial charge in [-0.3, -0.25) is 0 Å². The predicted octanol–water partition coefficient (Wildman–Crippen LogP) is 1.67. The van der Waals surface area contributed by atoms with Crippen LogP contribution in [0.3, 0.4) is 0 Å². The van der Waals surface area contributed by atoms with E-state index in [-0.39, 0.29) is 6.29 Å². The second-order valence-corrected chi connectivity index (χ2v) is 3.73. The SMILES string of the molecule is COC(CN1CCc2ccccc21)OC. The maximum atomic E-state index is 5.21. The highest BCUT2D eigenvalue weighted by atomic mass is 16.7. The Morgan fingerprint density at radius 2 is 2.00 bits per heavy atom. The number of hydrogen-bond acceptors (Lipinski definition) is 3. The molecular formula is C12H17NO2. The molecule has 0 bridgehead atoms. The fourth-order valence-electron chi connectivity index (χ4n) is 2.02. The van der Waals surface area contributed by atoms with Gasteiger partial charge in [0.2, 0.25) is 0 Å². The molecule has 1 aliphatic heterocycles. The van der Waals surface area contributed by atoms with Gasteiger partial charge in [0.05, 0.1) is 6.54 Å². The molecular weight excluding hydrogens is 190 g/mol. The highest BCUT2D eigenvalue weighted by molar-refractivity contribution is 5.57. The summed E-state index contributed by atoms with van der Waals surface area (Å²) in [5.41, 5.74) is 2.74. The zero-order valence-corrected chi connectivity index (χ0v) is 9.27. The molecule has 1 aromatic carbocycles. The molecule has 0 saturated carbocycles. The summed E-state index contributed by atoms with van der Waals surface area (Å²) >= 11 is 0. The Kier molecular flexibility index (Phi) is 3.23. The fourth-order valence-corrected chi connectivity index (χ4v) is 2.02. The van der Waals surface area contributed by atoms with Crippen molar-refractivity contribution >= 4 is 5.69 Å². The Labute approximate surface area is 90.6 Å². The molecule has 2 rings (SSSR count). The van der Waals surface area contributed by atoms with Gasteiger partial charge in [0.25, 0.3) is 0 Å². The molecule has 0 aliphatic carbocycles. The highest BCUT2D eigenvalue weighted by Gasteiger charge is 2.21. The molecule has 0 N–H and O–H groups in total. The first-order valence-electron chi connectivity index (χ1n) is 5.23. The normalized spacial score (nSPS) is 14.7. The number of anilines is 1. The number of fused-ring (bicyclic) bond motifs is 1. The van der Waals surface area contributed by atoms with Crippen LogP contribution in [0.2, 0.25) is 0 Å². The first-order valence-corrected chi connectivity index (χ1v) is 5.23. The number of ether oxygens (including phenoxy) is 2. The predicted molar refractivity (Wildman–Crippen MR) is 60.2 cm³/mol. The summed E-state index contributed by atoms with van der Waals surface area (Å²) in [6.45, 7) is 1.85. The Hall–Kier alpha value is -1.06. The number of nitrogens with zero attached hydrogens (tertiary/aromatic N) is 1. The first-order chi connectivity index (χ1) is 7.35. The summed E-state index contributed by atoms with van der Waals surface area (Å²) in [6.07, 6.45) is 0.979. The van der Waals surface area contributed by atoms with E-state index in [1.165, 1.54) is 11.3 Å². The number of benzene rings is 1. The van der Waals surface area contributed by atoms with Crippen molar-refractivity contribution in [2.45, 2.75) is 12.7 Å². The van der Waals surface area contributed by atoms with E-state index < -0.39 is 0 Å². The summed E-state index contributed by atoms with van der Waals surface area (Å²) in [6, 6.07) is 8.51. The van der Waals surface area contributed by atoms with E-state index in [1.807, 2.05) is 0 Å². The lowest BCUT2D eigenvalue weighted by atomic mass is 10.2. The van der Waals surface area contributed by atoms with Gasteiger partial charge in [-0.25, -0.2) is 0 Å². The van der Waals surface area contributed by atoms with Crippen LogP contribution in [-0.2, 0) is 15.9 Å². The zero-order chi connectivity index (χ0) is 10.7. The van der Waals surface area contributed by atoms with Gasteiger partial charge in [0, 0.05) is 26.5 Å². The molecule has 82 valence electrons. The molecule has 0 spiro atoms. The average Bonchev–Trinajstić information content (AvgIpc) is 2.69. The second-order valence-electron chi connectivity index (χ2n) is 3.73. The van der Waals surface area contributed by atoms with E-state index in [2.05, 4.69) is 29.2 Å².